The number of hydrogen-bond donors (Lipinski definition) is 2. The van der Waals surface area contributed by atoms with Crippen LogP contribution in [0.4, 0.5) is 0 Å². The summed E-state index contributed by atoms with van der Waals surface area (Å²) in [7, 11) is 0. The van der Waals surface area contributed by atoms with Crippen LogP contribution in [0.25, 0.3) is 6.08 Å². The largest absolute Gasteiger partial charge is 0.485 e. The molecule has 3 aromatic rings. The average Bonchev–Trinajstić information content (AvgIpc) is 3.31. The fraction of sp³-hybridized carbons (Fsp3) is 0.120. The molecule has 4 rings (SSSR count). The van der Waals surface area contributed by atoms with Crippen molar-refractivity contribution in [3.05, 3.63) is 106 Å². The van der Waals surface area contributed by atoms with Gasteiger partial charge in [-0.15, -0.1) is 0 Å². The standard InChI is InChI=1S/C25H21ClN2O4/c1-16-19(13-18-5-2-3-7-23(18)32-16)14-22(25(30)27-15-21-6-4-12-31-21)28-24(29)17-8-10-20(26)11-9-17/h2-14,16H,15H2,1H3,(H,27,30)(H,28,29)/b22-14-/t16-/m0/s1. The topological polar surface area (TPSA) is 80.6 Å². The van der Waals surface area contributed by atoms with Crippen LogP contribution >= 0.6 is 11.6 Å². The summed E-state index contributed by atoms with van der Waals surface area (Å²) in [4.78, 5) is 25.7. The zero-order valence-corrected chi connectivity index (χ0v) is 18.1. The molecule has 0 saturated heterocycles. The summed E-state index contributed by atoms with van der Waals surface area (Å²) >= 11 is 5.91. The van der Waals surface area contributed by atoms with E-state index >= 15 is 0 Å². The van der Waals surface area contributed by atoms with Crippen LogP contribution in [-0.2, 0) is 11.3 Å². The van der Waals surface area contributed by atoms with Gasteiger partial charge in [0.15, 0.2) is 0 Å². The molecule has 2 N–H and O–H groups in total. The van der Waals surface area contributed by atoms with Gasteiger partial charge in [0.25, 0.3) is 11.8 Å². The molecule has 1 aliphatic heterocycles. The van der Waals surface area contributed by atoms with Crippen LogP contribution in [0.3, 0.4) is 0 Å². The van der Waals surface area contributed by atoms with Crippen molar-refractivity contribution >= 4 is 29.5 Å². The molecule has 6 nitrogen and oxygen atoms in total. The highest BCUT2D eigenvalue weighted by atomic mass is 35.5. The number of rotatable bonds is 6. The van der Waals surface area contributed by atoms with E-state index in [1.165, 1.54) is 6.26 Å². The number of carbonyl (C=O) groups is 2. The molecular weight excluding hydrogens is 428 g/mol. The second kappa shape index (κ2) is 9.58. The molecule has 2 heterocycles. The van der Waals surface area contributed by atoms with Crippen molar-refractivity contribution in [2.24, 2.45) is 0 Å². The Hall–Kier alpha value is -3.77. The van der Waals surface area contributed by atoms with Crippen LogP contribution in [-0.4, -0.2) is 17.9 Å². The van der Waals surface area contributed by atoms with E-state index in [0.717, 1.165) is 16.9 Å². The van der Waals surface area contributed by atoms with Gasteiger partial charge >= 0.3 is 0 Å². The van der Waals surface area contributed by atoms with E-state index in [9.17, 15) is 9.59 Å². The van der Waals surface area contributed by atoms with Gasteiger partial charge in [-0.05, 0) is 67.1 Å². The molecule has 0 fully saturated rings. The van der Waals surface area contributed by atoms with Crippen molar-refractivity contribution < 1.29 is 18.7 Å². The quantitative estimate of drug-likeness (QED) is 0.534. The molecule has 7 heteroatoms. The van der Waals surface area contributed by atoms with Crippen molar-refractivity contribution in [1.82, 2.24) is 10.6 Å². The highest BCUT2D eigenvalue weighted by molar-refractivity contribution is 6.30. The Morgan fingerprint density at radius 3 is 2.59 bits per heavy atom. The molecule has 0 unspecified atom stereocenters. The number of amides is 2. The maximum atomic E-state index is 13.0. The van der Waals surface area contributed by atoms with Crippen LogP contribution in [0.2, 0.25) is 5.02 Å². The molecule has 2 amide bonds. The van der Waals surface area contributed by atoms with Gasteiger partial charge in [-0.2, -0.15) is 0 Å². The van der Waals surface area contributed by atoms with Gasteiger partial charge in [-0.25, -0.2) is 0 Å². The molecule has 1 aliphatic rings. The van der Waals surface area contributed by atoms with Crippen molar-refractivity contribution in [2.75, 3.05) is 0 Å². The summed E-state index contributed by atoms with van der Waals surface area (Å²) in [6, 6.07) is 17.6. The molecule has 2 aromatic carbocycles. The number of ether oxygens (including phenoxy) is 1. The second-order valence-electron chi connectivity index (χ2n) is 7.22. The van der Waals surface area contributed by atoms with E-state index in [4.69, 9.17) is 20.8 Å². The third-order valence-corrected chi connectivity index (χ3v) is 5.18. The highest BCUT2D eigenvalue weighted by Gasteiger charge is 2.21. The Labute approximate surface area is 190 Å². The summed E-state index contributed by atoms with van der Waals surface area (Å²) in [5.74, 6) is 0.498. The fourth-order valence-corrected chi connectivity index (χ4v) is 3.34. The lowest BCUT2D eigenvalue weighted by Gasteiger charge is -2.23. The van der Waals surface area contributed by atoms with Gasteiger partial charge in [0.1, 0.15) is 23.3 Å². The minimum Gasteiger partial charge on any atom is -0.485 e. The van der Waals surface area contributed by atoms with Crippen molar-refractivity contribution in [3.8, 4) is 5.75 Å². The zero-order valence-electron chi connectivity index (χ0n) is 17.3. The van der Waals surface area contributed by atoms with Gasteiger partial charge in [-0.3, -0.25) is 9.59 Å². The molecular formula is C25H21ClN2O4. The van der Waals surface area contributed by atoms with E-state index in [1.54, 1.807) is 42.5 Å². The number of para-hydroxylation sites is 1. The third kappa shape index (κ3) is 5.10. The van der Waals surface area contributed by atoms with E-state index < -0.39 is 11.8 Å². The first-order valence-electron chi connectivity index (χ1n) is 10.1. The minimum atomic E-state index is -0.448. The summed E-state index contributed by atoms with van der Waals surface area (Å²) < 4.78 is 11.2. The number of halogens is 1. The summed E-state index contributed by atoms with van der Waals surface area (Å²) in [5.41, 5.74) is 2.13. The van der Waals surface area contributed by atoms with E-state index in [2.05, 4.69) is 10.6 Å². The molecule has 1 atom stereocenters. The van der Waals surface area contributed by atoms with Gasteiger partial charge in [-0.1, -0.05) is 29.8 Å². The molecule has 0 aliphatic carbocycles. The molecule has 32 heavy (non-hydrogen) atoms. The molecule has 0 radical (unpaired) electrons. The monoisotopic (exact) mass is 448 g/mol. The second-order valence-corrected chi connectivity index (χ2v) is 7.66. The van der Waals surface area contributed by atoms with Crippen molar-refractivity contribution in [3.63, 3.8) is 0 Å². The van der Waals surface area contributed by atoms with Crippen LogP contribution in [0.15, 0.2) is 88.7 Å². The van der Waals surface area contributed by atoms with E-state index in [0.29, 0.717) is 16.3 Å². The Morgan fingerprint density at radius 1 is 1.06 bits per heavy atom. The van der Waals surface area contributed by atoms with Crippen LogP contribution in [0.5, 0.6) is 5.75 Å². The minimum absolute atomic E-state index is 0.0950. The predicted octanol–water partition coefficient (Wildman–Crippen LogP) is 4.73. The third-order valence-electron chi connectivity index (χ3n) is 4.93. The number of carbonyl (C=O) groups excluding carboxylic acids is 2. The number of nitrogens with one attached hydrogen (secondary N) is 2. The molecule has 0 bridgehead atoms. The lowest BCUT2D eigenvalue weighted by Crippen LogP contribution is -2.35. The summed E-state index contributed by atoms with van der Waals surface area (Å²) in [5, 5.41) is 6.00. The van der Waals surface area contributed by atoms with Gasteiger partial charge < -0.3 is 19.8 Å². The van der Waals surface area contributed by atoms with Crippen LogP contribution in [0, 0.1) is 0 Å². The molecule has 1 aromatic heterocycles. The molecule has 162 valence electrons. The smallest absolute Gasteiger partial charge is 0.268 e. The maximum Gasteiger partial charge on any atom is 0.268 e. The number of hydrogen-bond acceptors (Lipinski definition) is 4. The lowest BCUT2D eigenvalue weighted by atomic mass is 10.0. The zero-order chi connectivity index (χ0) is 22.5. The Bertz CT molecular complexity index is 1180. The Kier molecular flexibility index (Phi) is 6.42. The molecule has 0 spiro atoms. The van der Waals surface area contributed by atoms with Crippen LogP contribution in [0.1, 0.15) is 28.6 Å². The first-order valence-corrected chi connectivity index (χ1v) is 10.4. The van der Waals surface area contributed by atoms with Crippen molar-refractivity contribution in [1.29, 1.82) is 0 Å². The number of furan rings is 1. The Balaban J connectivity index is 1.61. The van der Waals surface area contributed by atoms with Crippen molar-refractivity contribution in [2.45, 2.75) is 19.6 Å². The average molecular weight is 449 g/mol. The SMILES string of the molecule is C[C@@H]1Oc2ccccc2C=C1/C=C(\NC(=O)c1ccc(Cl)cc1)C(=O)NCc1ccco1. The van der Waals surface area contributed by atoms with E-state index in [1.807, 2.05) is 37.3 Å². The number of fused-ring (bicyclic) bond motifs is 1. The maximum absolute atomic E-state index is 13.0. The molecule has 0 saturated carbocycles. The van der Waals surface area contributed by atoms with Crippen LogP contribution < -0.4 is 15.4 Å². The lowest BCUT2D eigenvalue weighted by molar-refractivity contribution is -0.118. The van der Waals surface area contributed by atoms with Gasteiger partial charge in [0.05, 0.1) is 12.8 Å². The normalized spacial score (nSPS) is 15.2. The highest BCUT2D eigenvalue weighted by Crippen LogP contribution is 2.30. The van der Waals surface area contributed by atoms with Gasteiger partial charge in [0, 0.05) is 16.1 Å². The predicted molar refractivity (Wildman–Crippen MR) is 122 cm³/mol. The Morgan fingerprint density at radius 2 is 1.84 bits per heavy atom. The number of benzene rings is 2. The summed E-state index contributed by atoms with van der Waals surface area (Å²) in [6.45, 7) is 2.07. The first-order chi connectivity index (χ1) is 15.5. The fourth-order valence-electron chi connectivity index (χ4n) is 3.22. The van der Waals surface area contributed by atoms with Gasteiger partial charge in [0.2, 0.25) is 0 Å². The first kappa shape index (κ1) is 21.5. The summed E-state index contributed by atoms with van der Waals surface area (Å²) in [6.07, 6.45) is 4.80. The van der Waals surface area contributed by atoms with E-state index in [-0.39, 0.29) is 18.3 Å².